The fourth-order valence-electron chi connectivity index (χ4n) is 2.83. The first-order valence-electron chi connectivity index (χ1n) is 8.67. The van der Waals surface area contributed by atoms with Gasteiger partial charge < -0.3 is 14.7 Å². The minimum atomic E-state index is -0.256. The Balaban J connectivity index is 1.52. The predicted molar refractivity (Wildman–Crippen MR) is 92.7 cm³/mol. The Morgan fingerprint density at radius 2 is 2.08 bits per heavy atom. The monoisotopic (exact) mass is 362 g/mol. The molecule has 0 unspecified atom stereocenters. The summed E-state index contributed by atoms with van der Waals surface area (Å²) in [7, 11) is 0. The molecule has 9 heteroatoms. The van der Waals surface area contributed by atoms with Crippen LogP contribution in [0.15, 0.2) is 4.52 Å². The minimum absolute atomic E-state index is 0.0456. The topological polar surface area (TPSA) is 97.0 Å². The van der Waals surface area contributed by atoms with Gasteiger partial charge in [0.15, 0.2) is 0 Å². The minimum Gasteiger partial charge on any atom is -0.346 e. The summed E-state index contributed by atoms with van der Waals surface area (Å²) < 4.78 is 9.88. The van der Waals surface area contributed by atoms with Gasteiger partial charge in [0.1, 0.15) is 11.9 Å². The Bertz CT molecular complexity index is 776. The number of carbonyl (C=O) groups excluding carboxylic acids is 1. The van der Waals surface area contributed by atoms with Crippen molar-refractivity contribution in [3.63, 3.8) is 0 Å². The molecule has 1 N–H and O–H groups in total. The van der Waals surface area contributed by atoms with Crippen LogP contribution in [0.25, 0.3) is 0 Å². The lowest BCUT2D eigenvalue weighted by molar-refractivity contribution is 0.0937. The highest BCUT2D eigenvalue weighted by Crippen LogP contribution is 2.37. The van der Waals surface area contributed by atoms with Crippen molar-refractivity contribution in [3.05, 3.63) is 17.5 Å². The molecule has 1 aliphatic carbocycles. The number of anilines is 1. The lowest BCUT2D eigenvalue weighted by atomic mass is 9.96. The van der Waals surface area contributed by atoms with Crippen LogP contribution in [0.1, 0.15) is 74.8 Å². The lowest BCUT2D eigenvalue weighted by Crippen LogP contribution is -2.27. The van der Waals surface area contributed by atoms with E-state index in [0.717, 1.165) is 43.2 Å². The molecule has 3 heterocycles. The van der Waals surface area contributed by atoms with E-state index in [0.29, 0.717) is 5.89 Å². The zero-order valence-corrected chi connectivity index (χ0v) is 15.5. The first-order chi connectivity index (χ1) is 11.9. The standard InChI is InChI=1S/C16H22N6O2S/c1-16(2,3)14-19-15(25-21-14)22-8-4-5-10(22)13-18-11(20-24-13)12(23)17-9-6-7-9/h9-10H,4-8H2,1-3H3,(H,17,23)/t10-/m1/s1. The third kappa shape index (κ3) is 3.37. The number of rotatable bonds is 4. The zero-order chi connectivity index (χ0) is 17.6. The third-order valence-corrected chi connectivity index (χ3v) is 5.18. The first-order valence-corrected chi connectivity index (χ1v) is 9.44. The van der Waals surface area contributed by atoms with Gasteiger partial charge in [-0.25, -0.2) is 4.98 Å². The predicted octanol–water partition coefficient (Wildman–Crippen LogP) is 2.45. The second kappa shape index (κ2) is 6.05. The van der Waals surface area contributed by atoms with E-state index in [2.05, 4.69) is 45.5 Å². The van der Waals surface area contributed by atoms with Crippen LogP contribution < -0.4 is 10.2 Å². The average molecular weight is 362 g/mol. The number of hydrogen-bond donors (Lipinski definition) is 1. The van der Waals surface area contributed by atoms with Crippen LogP contribution in [0, 0.1) is 0 Å². The highest BCUT2D eigenvalue weighted by molar-refractivity contribution is 7.09. The number of nitrogens with one attached hydrogen (secondary N) is 1. The van der Waals surface area contributed by atoms with Crippen molar-refractivity contribution in [1.29, 1.82) is 0 Å². The number of hydrogen-bond acceptors (Lipinski definition) is 8. The summed E-state index contributed by atoms with van der Waals surface area (Å²) >= 11 is 1.40. The van der Waals surface area contributed by atoms with Crippen molar-refractivity contribution in [3.8, 4) is 0 Å². The Hall–Kier alpha value is -2.03. The maximum Gasteiger partial charge on any atom is 0.292 e. The molecule has 1 saturated carbocycles. The van der Waals surface area contributed by atoms with Crippen molar-refractivity contribution in [2.45, 2.75) is 64.0 Å². The summed E-state index contributed by atoms with van der Waals surface area (Å²) in [5, 5.41) is 7.61. The highest BCUT2D eigenvalue weighted by atomic mass is 32.1. The number of amides is 1. The summed E-state index contributed by atoms with van der Waals surface area (Å²) in [5.74, 6) is 1.17. The van der Waals surface area contributed by atoms with Gasteiger partial charge in [0.25, 0.3) is 11.7 Å². The zero-order valence-electron chi connectivity index (χ0n) is 14.7. The van der Waals surface area contributed by atoms with Crippen molar-refractivity contribution in [2.24, 2.45) is 0 Å². The van der Waals surface area contributed by atoms with Crippen molar-refractivity contribution in [2.75, 3.05) is 11.4 Å². The SMILES string of the molecule is CC(C)(C)c1nsc(N2CCC[C@@H]2c2nc(C(=O)NC3CC3)no2)n1. The molecule has 2 aliphatic rings. The lowest BCUT2D eigenvalue weighted by Gasteiger charge is -2.20. The van der Waals surface area contributed by atoms with E-state index in [4.69, 9.17) is 9.51 Å². The molecule has 2 fully saturated rings. The quantitative estimate of drug-likeness (QED) is 0.892. The molecular formula is C16H22N6O2S. The van der Waals surface area contributed by atoms with E-state index in [-0.39, 0.29) is 29.2 Å². The maximum atomic E-state index is 12.1. The molecule has 1 atom stereocenters. The molecule has 0 spiro atoms. The highest BCUT2D eigenvalue weighted by Gasteiger charge is 2.35. The van der Waals surface area contributed by atoms with Crippen LogP contribution in [0.2, 0.25) is 0 Å². The van der Waals surface area contributed by atoms with Gasteiger partial charge in [-0.3, -0.25) is 4.79 Å². The molecule has 2 aromatic heterocycles. The fraction of sp³-hybridized carbons (Fsp3) is 0.688. The number of carbonyl (C=O) groups is 1. The van der Waals surface area contributed by atoms with Gasteiger partial charge in [0.05, 0.1) is 0 Å². The molecule has 25 heavy (non-hydrogen) atoms. The second-order valence-corrected chi connectivity index (χ2v) is 8.44. The number of aromatic nitrogens is 4. The molecule has 1 amide bonds. The van der Waals surface area contributed by atoms with Gasteiger partial charge in [-0.05, 0) is 25.7 Å². The largest absolute Gasteiger partial charge is 0.346 e. The van der Waals surface area contributed by atoms with Crippen LogP contribution >= 0.6 is 11.5 Å². The molecule has 1 saturated heterocycles. The Morgan fingerprint density at radius 1 is 1.28 bits per heavy atom. The van der Waals surface area contributed by atoms with E-state index < -0.39 is 0 Å². The molecule has 0 bridgehead atoms. The van der Waals surface area contributed by atoms with E-state index >= 15 is 0 Å². The molecule has 0 radical (unpaired) electrons. The van der Waals surface area contributed by atoms with Crippen LogP contribution in [-0.2, 0) is 5.41 Å². The molecular weight excluding hydrogens is 340 g/mol. The van der Waals surface area contributed by atoms with Crippen LogP contribution in [-0.4, -0.2) is 38.0 Å². The average Bonchev–Trinajstić information content (AvgIpc) is 3.05. The fourth-order valence-corrected chi connectivity index (χ4v) is 3.76. The van der Waals surface area contributed by atoms with Crippen molar-refractivity contribution < 1.29 is 9.32 Å². The Labute approximate surface area is 150 Å². The van der Waals surface area contributed by atoms with E-state index in [1.807, 2.05) is 0 Å². The van der Waals surface area contributed by atoms with Gasteiger partial charge in [0.2, 0.25) is 11.0 Å². The molecule has 4 rings (SSSR count). The summed E-state index contributed by atoms with van der Waals surface area (Å²) in [6.07, 6.45) is 3.97. The van der Waals surface area contributed by atoms with E-state index in [1.54, 1.807) is 0 Å². The molecule has 0 aromatic carbocycles. The van der Waals surface area contributed by atoms with E-state index in [9.17, 15) is 4.79 Å². The third-order valence-electron chi connectivity index (χ3n) is 4.43. The smallest absolute Gasteiger partial charge is 0.292 e. The first kappa shape index (κ1) is 16.4. The van der Waals surface area contributed by atoms with Crippen LogP contribution in [0.5, 0.6) is 0 Å². The van der Waals surface area contributed by atoms with Crippen molar-refractivity contribution in [1.82, 2.24) is 24.8 Å². The summed E-state index contributed by atoms with van der Waals surface area (Å²) in [5.41, 5.74) is -0.0808. The maximum absolute atomic E-state index is 12.1. The Kier molecular flexibility index (Phi) is 3.98. The van der Waals surface area contributed by atoms with E-state index in [1.165, 1.54) is 11.5 Å². The molecule has 1 aliphatic heterocycles. The van der Waals surface area contributed by atoms with Gasteiger partial charge in [-0.15, -0.1) is 0 Å². The molecule has 134 valence electrons. The van der Waals surface area contributed by atoms with Gasteiger partial charge in [-0.2, -0.15) is 9.36 Å². The van der Waals surface area contributed by atoms with Crippen molar-refractivity contribution >= 4 is 22.6 Å². The number of nitrogens with zero attached hydrogens (tertiary/aromatic N) is 5. The second-order valence-electron chi connectivity index (χ2n) is 7.71. The Morgan fingerprint density at radius 3 is 2.76 bits per heavy atom. The molecule has 8 nitrogen and oxygen atoms in total. The summed E-state index contributed by atoms with van der Waals surface area (Å²) in [6.45, 7) is 7.17. The van der Waals surface area contributed by atoms with Crippen LogP contribution in [0.4, 0.5) is 5.13 Å². The van der Waals surface area contributed by atoms with Crippen LogP contribution in [0.3, 0.4) is 0 Å². The van der Waals surface area contributed by atoms with Gasteiger partial charge in [-0.1, -0.05) is 25.9 Å². The summed E-state index contributed by atoms with van der Waals surface area (Å²) in [4.78, 5) is 23.2. The summed E-state index contributed by atoms with van der Waals surface area (Å²) in [6, 6.07) is 0.227. The van der Waals surface area contributed by atoms with Gasteiger partial charge in [0, 0.05) is 29.5 Å². The van der Waals surface area contributed by atoms with Gasteiger partial charge >= 0.3 is 0 Å². The normalized spacial score (nSPS) is 20.9. The molecule has 2 aromatic rings.